The highest BCUT2D eigenvalue weighted by atomic mass is 35.5. The molecular formula is C20H23ClN2O4S. The average molecular weight is 423 g/mol. The van der Waals surface area contributed by atoms with E-state index in [-0.39, 0.29) is 12.5 Å². The van der Waals surface area contributed by atoms with Crippen molar-refractivity contribution in [2.24, 2.45) is 0 Å². The lowest BCUT2D eigenvalue weighted by Gasteiger charge is -2.34. The number of nitrogens with zero attached hydrogens (tertiary/aromatic N) is 1. The Kier molecular flexibility index (Phi) is 6.15. The molecule has 0 fully saturated rings. The molecule has 2 aromatic carbocycles. The van der Waals surface area contributed by atoms with Gasteiger partial charge in [-0.3, -0.25) is 9.10 Å². The second kappa shape index (κ2) is 8.41. The number of anilines is 1. The van der Waals surface area contributed by atoms with Crippen LogP contribution in [-0.4, -0.2) is 39.8 Å². The van der Waals surface area contributed by atoms with Crippen LogP contribution >= 0.6 is 11.6 Å². The van der Waals surface area contributed by atoms with Crippen molar-refractivity contribution < 1.29 is 17.9 Å². The zero-order valence-electron chi connectivity index (χ0n) is 15.8. The van der Waals surface area contributed by atoms with Gasteiger partial charge in [0, 0.05) is 11.6 Å². The van der Waals surface area contributed by atoms with E-state index in [4.69, 9.17) is 16.3 Å². The molecule has 0 spiro atoms. The van der Waals surface area contributed by atoms with Gasteiger partial charge in [0.15, 0.2) is 6.10 Å². The van der Waals surface area contributed by atoms with E-state index in [1.165, 1.54) is 17.2 Å². The number of carbonyl (C=O) groups is 1. The predicted octanol–water partition coefficient (Wildman–Crippen LogP) is 2.92. The summed E-state index contributed by atoms with van der Waals surface area (Å²) in [6, 6.07) is 13.0. The first-order valence-corrected chi connectivity index (χ1v) is 11.2. The minimum absolute atomic E-state index is 0.0873. The largest absolute Gasteiger partial charge is 0.476 e. The number of nitrogens with one attached hydrogen (secondary N) is 1. The number of aryl methyl sites for hydroxylation is 2. The first kappa shape index (κ1) is 20.5. The monoisotopic (exact) mass is 422 g/mol. The molecule has 6 nitrogen and oxygen atoms in total. The molecule has 0 radical (unpaired) electrons. The first-order chi connectivity index (χ1) is 13.2. The number of carbonyl (C=O) groups excluding carboxylic acids is 1. The van der Waals surface area contributed by atoms with Gasteiger partial charge in [0.2, 0.25) is 10.0 Å². The van der Waals surface area contributed by atoms with Crippen LogP contribution in [-0.2, 0) is 21.2 Å². The molecule has 8 heteroatoms. The highest BCUT2D eigenvalue weighted by Gasteiger charge is 2.35. The van der Waals surface area contributed by atoms with Crippen molar-refractivity contribution in [1.29, 1.82) is 0 Å². The van der Waals surface area contributed by atoms with E-state index in [1.807, 2.05) is 6.92 Å². The molecule has 0 saturated carbocycles. The van der Waals surface area contributed by atoms with E-state index >= 15 is 0 Å². The highest BCUT2D eigenvalue weighted by molar-refractivity contribution is 7.92. The van der Waals surface area contributed by atoms with Crippen LogP contribution in [0.15, 0.2) is 42.5 Å². The summed E-state index contributed by atoms with van der Waals surface area (Å²) >= 11 is 5.98. The second-order valence-electron chi connectivity index (χ2n) is 6.89. The van der Waals surface area contributed by atoms with E-state index in [1.54, 1.807) is 12.1 Å². The fourth-order valence-corrected chi connectivity index (χ4v) is 4.12. The topological polar surface area (TPSA) is 75.7 Å². The molecule has 0 saturated heterocycles. The Balaban J connectivity index is 1.61. The van der Waals surface area contributed by atoms with Gasteiger partial charge in [0.1, 0.15) is 5.75 Å². The van der Waals surface area contributed by atoms with Crippen molar-refractivity contribution >= 4 is 33.2 Å². The molecule has 0 aromatic heterocycles. The maximum absolute atomic E-state index is 12.5. The minimum atomic E-state index is -3.57. The SMILES string of the molecule is Cc1ccc(CCCNC(=O)C2CN(S(C)(=O)=O)c3cc(Cl)ccc3O2)cc1. The molecule has 1 heterocycles. The molecule has 1 N–H and O–H groups in total. The van der Waals surface area contributed by atoms with Gasteiger partial charge in [0.05, 0.1) is 18.5 Å². The van der Waals surface area contributed by atoms with E-state index < -0.39 is 16.1 Å². The van der Waals surface area contributed by atoms with Crippen molar-refractivity contribution in [3.8, 4) is 5.75 Å². The molecule has 28 heavy (non-hydrogen) atoms. The highest BCUT2D eigenvalue weighted by Crippen LogP contribution is 2.37. The van der Waals surface area contributed by atoms with E-state index in [9.17, 15) is 13.2 Å². The Bertz CT molecular complexity index is 961. The molecule has 0 bridgehead atoms. The minimum Gasteiger partial charge on any atom is -0.476 e. The normalized spacial score (nSPS) is 16.2. The Morgan fingerprint density at radius 3 is 2.64 bits per heavy atom. The maximum Gasteiger partial charge on any atom is 0.263 e. The van der Waals surface area contributed by atoms with Gasteiger partial charge in [-0.05, 0) is 43.5 Å². The van der Waals surface area contributed by atoms with Gasteiger partial charge in [0.25, 0.3) is 5.91 Å². The third kappa shape index (κ3) is 4.97. The number of halogens is 1. The average Bonchev–Trinajstić information content (AvgIpc) is 2.64. The summed E-state index contributed by atoms with van der Waals surface area (Å²) in [5.74, 6) is -0.0148. The van der Waals surface area contributed by atoms with Gasteiger partial charge in [-0.15, -0.1) is 0 Å². The zero-order chi connectivity index (χ0) is 20.3. The number of ether oxygens (including phenoxy) is 1. The first-order valence-electron chi connectivity index (χ1n) is 9.01. The van der Waals surface area contributed by atoms with E-state index in [2.05, 4.69) is 29.6 Å². The number of sulfonamides is 1. The third-order valence-electron chi connectivity index (χ3n) is 4.55. The quantitative estimate of drug-likeness (QED) is 0.726. The zero-order valence-corrected chi connectivity index (χ0v) is 17.4. The Morgan fingerprint density at radius 2 is 1.96 bits per heavy atom. The number of fused-ring (bicyclic) bond motifs is 1. The third-order valence-corrected chi connectivity index (χ3v) is 5.93. The fraction of sp³-hybridized carbons (Fsp3) is 0.350. The Labute approximate surface area is 170 Å². The Morgan fingerprint density at radius 1 is 1.25 bits per heavy atom. The van der Waals surface area contributed by atoms with Crippen molar-refractivity contribution in [1.82, 2.24) is 5.32 Å². The van der Waals surface area contributed by atoms with Crippen molar-refractivity contribution in [3.05, 3.63) is 58.6 Å². The molecule has 3 rings (SSSR count). The van der Waals surface area contributed by atoms with Crippen molar-refractivity contribution in [3.63, 3.8) is 0 Å². The summed E-state index contributed by atoms with van der Waals surface area (Å²) < 4.78 is 31.2. The summed E-state index contributed by atoms with van der Waals surface area (Å²) in [6.45, 7) is 2.44. The van der Waals surface area contributed by atoms with Crippen LogP contribution in [0.1, 0.15) is 17.5 Å². The van der Waals surface area contributed by atoms with Gasteiger partial charge in [-0.1, -0.05) is 41.4 Å². The summed E-state index contributed by atoms with van der Waals surface area (Å²) in [5.41, 5.74) is 2.77. The van der Waals surface area contributed by atoms with Crippen LogP contribution in [0.5, 0.6) is 5.75 Å². The summed E-state index contributed by atoms with van der Waals surface area (Å²) in [7, 11) is -3.57. The molecule has 1 atom stereocenters. The molecule has 2 aromatic rings. The van der Waals surface area contributed by atoms with Crippen molar-refractivity contribution in [2.45, 2.75) is 25.9 Å². The molecule has 1 aliphatic rings. The van der Waals surface area contributed by atoms with Gasteiger partial charge in [-0.25, -0.2) is 8.42 Å². The van der Waals surface area contributed by atoms with Crippen LogP contribution in [0.2, 0.25) is 5.02 Å². The van der Waals surface area contributed by atoms with Gasteiger partial charge in [-0.2, -0.15) is 0 Å². The van der Waals surface area contributed by atoms with Crippen molar-refractivity contribution in [2.75, 3.05) is 23.7 Å². The number of hydrogen-bond donors (Lipinski definition) is 1. The number of hydrogen-bond acceptors (Lipinski definition) is 4. The second-order valence-corrected chi connectivity index (χ2v) is 9.24. The van der Waals surface area contributed by atoms with Gasteiger partial charge < -0.3 is 10.1 Å². The van der Waals surface area contributed by atoms with Crippen LogP contribution < -0.4 is 14.4 Å². The van der Waals surface area contributed by atoms with Crippen LogP contribution in [0.4, 0.5) is 5.69 Å². The standard InChI is InChI=1S/C20H23ClN2O4S/c1-14-5-7-15(8-6-14)4-3-11-22-20(24)19-13-23(28(2,25)26)17-12-16(21)9-10-18(17)27-19/h5-10,12,19H,3-4,11,13H2,1-2H3,(H,22,24). The molecule has 1 amide bonds. The van der Waals surface area contributed by atoms with Gasteiger partial charge >= 0.3 is 0 Å². The fourth-order valence-electron chi connectivity index (χ4n) is 3.05. The van der Waals surface area contributed by atoms with Crippen LogP contribution in [0.25, 0.3) is 0 Å². The molecule has 1 unspecified atom stereocenters. The number of benzene rings is 2. The lowest BCUT2D eigenvalue weighted by Crippen LogP contribution is -2.50. The molecular weight excluding hydrogens is 400 g/mol. The van der Waals surface area contributed by atoms with E-state index in [0.717, 1.165) is 23.4 Å². The predicted molar refractivity (Wildman–Crippen MR) is 111 cm³/mol. The summed E-state index contributed by atoms with van der Waals surface area (Å²) in [4.78, 5) is 12.5. The maximum atomic E-state index is 12.5. The molecule has 150 valence electrons. The number of rotatable bonds is 6. The molecule has 0 aliphatic carbocycles. The lowest BCUT2D eigenvalue weighted by molar-refractivity contribution is -0.127. The van der Waals surface area contributed by atoms with E-state index in [0.29, 0.717) is 23.0 Å². The van der Waals surface area contributed by atoms with Crippen LogP contribution in [0, 0.1) is 6.92 Å². The Hall–Kier alpha value is -2.25. The number of amides is 1. The summed E-state index contributed by atoms with van der Waals surface area (Å²) in [6.07, 6.45) is 1.81. The molecule has 1 aliphatic heterocycles. The lowest BCUT2D eigenvalue weighted by atomic mass is 10.1. The smallest absolute Gasteiger partial charge is 0.263 e. The summed E-state index contributed by atoms with van der Waals surface area (Å²) in [5, 5.41) is 3.23. The van der Waals surface area contributed by atoms with Crippen LogP contribution in [0.3, 0.4) is 0 Å².